The van der Waals surface area contributed by atoms with Crippen molar-refractivity contribution < 1.29 is 18.3 Å². The molecule has 0 unspecified atom stereocenters. The molecule has 1 aliphatic heterocycles. The van der Waals surface area contributed by atoms with Crippen molar-refractivity contribution >= 4 is 11.6 Å². The van der Waals surface area contributed by atoms with Gasteiger partial charge in [-0.05, 0) is 37.1 Å². The Balaban J connectivity index is 2.18. The number of aromatic nitrogens is 1. The van der Waals surface area contributed by atoms with Crippen LogP contribution in [0.15, 0.2) is 12.1 Å². The Hall–Kier alpha value is -0.850. The van der Waals surface area contributed by atoms with E-state index in [1.807, 2.05) is 4.90 Å². The lowest BCUT2D eigenvalue weighted by molar-refractivity contribution is -0.141. The second-order valence-electron chi connectivity index (χ2n) is 4.63. The van der Waals surface area contributed by atoms with E-state index in [2.05, 4.69) is 4.98 Å². The first-order valence-corrected chi connectivity index (χ1v) is 6.36. The maximum atomic E-state index is 12.6. The molecule has 3 nitrogen and oxygen atoms in total. The quantitative estimate of drug-likeness (QED) is 0.871. The van der Waals surface area contributed by atoms with Crippen molar-refractivity contribution in [1.29, 1.82) is 0 Å². The van der Waals surface area contributed by atoms with Crippen LogP contribution in [0.2, 0.25) is 5.15 Å². The van der Waals surface area contributed by atoms with Crippen LogP contribution in [-0.2, 0) is 12.7 Å². The maximum absolute atomic E-state index is 12.6. The van der Waals surface area contributed by atoms with Gasteiger partial charge in [0.25, 0.3) is 0 Å². The third-order valence-electron chi connectivity index (χ3n) is 3.24. The normalized spacial score (nSPS) is 21.0. The summed E-state index contributed by atoms with van der Waals surface area (Å²) in [5, 5.41) is 9.03. The van der Waals surface area contributed by atoms with Gasteiger partial charge in [0.1, 0.15) is 10.8 Å². The van der Waals surface area contributed by atoms with E-state index in [4.69, 9.17) is 11.6 Å². The van der Waals surface area contributed by atoms with Crippen molar-refractivity contribution in [3.8, 4) is 0 Å². The summed E-state index contributed by atoms with van der Waals surface area (Å²) >= 11 is 5.63. The summed E-state index contributed by atoms with van der Waals surface area (Å²) in [6.07, 6.45) is -2.70. The maximum Gasteiger partial charge on any atom is 0.433 e. The van der Waals surface area contributed by atoms with Gasteiger partial charge in [-0.1, -0.05) is 11.6 Å². The van der Waals surface area contributed by atoms with Gasteiger partial charge in [-0.15, -0.1) is 0 Å². The first kappa shape index (κ1) is 14.6. The minimum Gasteiger partial charge on any atom is -0.395 e. The van der Waals surface area contributed by atoms with Crippen molar-refractivity contribution in [2.45, 2.75) is 31.6 Å². The summed E-state index contributed by atoms with van der Waals surface area (Å²) in [6, 6.07) is 2.46. The standard InChI is InChI=1S/C12H14ClF3N2O/c13-11-5-8(4-10(17-11)12(14,15)16)6-18-3-1-2-9(18)7-19/h4-5,9,19H,1-3,6-7H2/t9-/m1/s1. The van der Waals surface area contributed by atoms with E-state index in [-0.39, 0.29) is 17.8 Å². The van der Waals surface area contributed by atoms with Gasteiger partial charge in [-0.25, -0.2) is 4.98 Å². The molecule has 0 spiro atoms. The second kappa shape index (κ2) is 5.64. The first-order chi connectivity index (χ1) is 8.90. The molecule has 19 heavy (non-hydrogen) atoms. The van der Waals surface area contributed by atoms with E-state index in [9.17, 15) is 18.3 Å². The van der Waals surface area contributed by atoms with Gasteiger partial charge in [0, 0.05) is 12.6 Å². The number of hydrogen-bond acceptors (Lipinski definition) is 3. The lowest BCUT2D eigenvalue weighted by atomic mass is 10.2. The lowest BCUT2D eigenvalue weighted by Gasteiger charge is -2.23. The van der Waals surface area contributed by atoms with Crippen molar-refractivity contribution in [2.75, 3.05) is 13.2 Å². The fraction of sp³-hybridized carbons (Fsp3) is 0.583. The Bertz CT molecular complexity index is 453. The van der Waals surface area contributed by atoms with Gasteiger partial charge in [-0.2, -0.15) is 13.2 Å². The molecule has 1 N–H and O–H groups in total. The minimum atomic E-state index is -4.50. The molecular formula is C12H14ClF3N2O. The Morgan fingerprint density at radius 1 is 1.42 bits per heavy atom. The van der Waals surface area contributed by atoms with E-state index >= 15 is 0 Å². The minimum absolute atomic E-state index is 0.0151. The van der Waals surface area contributed by atoms with Crippen molar-refractivity contribution in [1.82, 2.24) is 9.88 Å². The van der Waals surface area contributed by atoms with E-state index < -0.39 is 11.9 Å². The summed E-state index contributed by atoms with van der Waals surface area (Å²) in [7, 11) is 0. The number of pyridine rings is 1. The van der Waals surface area contributed by atoms with Crippen LogP contribution in [0.25, 0.3) is 0 Å². The predicted molar refractivity (Wildman–Crippen MR) is 64.8 cm³/mol. The molecule has 2 heterocycles. The van der Waals surface area contributed by atoms with Gasteiger partial charge < -0.3 is 5.11 Å². The first-order valence-electron chi connectivity index (χ1n) is 5.98. The number of likely N-dealkylation sites (tertiary alicyclic amines) is 1. The number of hydrogen-bond donors (Lipinski definition) is 1. The molecule has 0 bridgehead atoms. The average molecular weight is 295 g/mol. The Labute approximate surface area is 114 Å². The largest absolute Gasteiger partial charge is 0.433 e. The topological polar surface area (TPSA) is 36.4 Å². The molecule has 0 radical (unpaired) electrons. The van der Waals surface area contributed by atoms with Crippen LogP contribution in [0, 0.1) is 0 Å². The van der Waals surface area contributed by atoms with Crippen LogP contribution < -0.4 is 0 Å². The van der Waals surface area contributed by atoms with Crippen molar-refractivity contribution in [3.63, 3.8) is 0 Å². The van der Waals surface area contributed by atoms with Crippen LogP contribution >= 0.6 is 11.6 Å². The Morgan fingerprint density at radius 3 is 2.79 bits per heavy atom. The van der Waals surface area contributed by atoms with Crippen molar-refractivity contribution in [2.24, 2.45) is 0 Å². The molecule has 1 aromatic rings. The Kier molecular flexibility index (Phi) is 4.32. The van der Waals surface area contributed by atoms with E-state index in [1.54, 1.807) is 0 Å². The van der Waals surface area contributed by atoms with Gasteiger partial charge in [0.15, 0.2) is 0 Å². The van der Waals surface area contributed by atoms with Crippen molar-refractivity contribution in [3.05, 3.63) is 28.5 Å². The fourth-order valence-electron chi connectivity index (χ4n) is 2.33. The molecule has 1 saturated heterocycles. The van der Waals surface area contributed by atoms with Crippen LogP contribution in [0.4, 0.5) is 13.2 Å². The summed E-state index contributed by atoms with van der Waals surface area (Å²) in [5.74, 6) is 0. The predicted octanol–water partition coefficient (Wildman–Crippen LogP) is 2.71. The third-order valence-corrected chi connectivity index (χ3v) is 3.43. The number of rotatable bonds is 3. The molecule has 1 fully saturated rings. The second-order valence-corrected chi connectivity index (χ2v) is 5.02. The average Bonchev–Trinajstić information content (AvgIpc) is 2.74. The van der Waals surface area contributed by atoms with Gasteiger partial charge in [0.05, 0.1) is 6.61 Å². The molecule has 0 aromatic carbocycles. The van der Waals surface area contributed by atoms with Crippen LogP contribution in [0.5, 0.6) is 0 Å². The number of aliphatic hydroxyl groups is 1. The smallest absolute Gasteiger partial charge is 0.395 e. The zero-order chi connectivity index (χ0) is 14.0. The molecule has 1 atom stereocenters. The van der Waals surface area contributed by atoms with E-state index in [0.717, 1.165) is 25.5 Å². The summed E-state index contributed by atoms with van der Waals surface area (Å²) < 4.78 is 37.9. The molecule has 2 rings (SSSR count). The number of nitrogens with zero attached hydrogens (tertiary/aromatic N) is 2. The molecule has 7 heteroatoms. The number of halogens is 4. The van der Waals surface area contributed by atoms with Gasteiger partial charge in [-0.3, -0.25) is 4.90 Å². The molecule has 0 amide bonds. The van der Waals surface area contributed by atoms with Crippen LogP contribution in [0.1, 0.15) is 24.1 Å². The van der Waals surface area contributed by atoms with Crippen LogP contribution in [0.3, 0.4) is 0 Å². The number of aliphatic hydroxyl groups excluding tert-OH is 1. The third kappa shape index (κ3) is 3.58. The van der Waals surface area contributed by atoms with Gasteiger partial charge >= 0.3 is 6.18 Å². The highest BCUT2D eigenvalue weighted by molar-refractivity contribution is 6.29. The zero-order valence-corrected chi connectivity index (χ0v) is 10.9. The molecular weight excluding hydrogens is 281 g/mol. The highest BCUT2D eigenvalue weighted by Gasteiger charge is 2.33. The lowest BCUT2D eigenvalue weighted by Crippen LogP contribution is -2.31. The summed E-state index contributed by atoms with van der Waals surface area (Å²) in [6.45, 7) is 1.13. The highest BCUT2D eigenvalue weighted by atomic mass is 35.5. The highest BCUT2D eigenvalue weighted by Crippen LogP contribution is 2.30. The molecule has 1 aliphatic rings. The number of alkyl halides is 3. The Morgan fingerprint density at radius 2 is 2.16 bits per heavy atom. The summed E-state index contributed by atoms with van der Waals surface area (Å²) in [4.78, 5) is 5.26. The monoisotopic (exact) mass is 294 g/mol. The zero-order valence-electron chi connectivity index (χ0n) is 10.1. The fourth-order valence-corrected chi connectivity index (χ4v) is 2.56. The van der Waals surface area contributed by atoms with E-state index in [1.165, 1.54) is 6.07 Å². The van der Waals surface area contributed by atoms with E-state index in [0.29, 0.717) is 12.1 Å². The molecule has 0 saturated carbocycles. The van der Waals surface area contributed by atoms with Crippen LogP contribution in [-0.4, -0.2) is 34.2 Å². The summed E-state index contributed by atoms with van der Waals surface area (Å²) in [5.41, 5.74) is -0.512. The molecule has 1 aromatic heterocycles. The molecule has 106 valence electrons. The van der Waals surface area contributed by atoms with Gasteiger partial charge in [0.2, 0.25) is 0 Å². The molecule has 0 aliphatic carbocycles. The SMILES string of the molecule is OC[C@H]1CCCN1Cc1cc(Cl)nc(C(F)(F)F)c1.